The minimum absolute atomic E-state index is 0.241. The molecule has 1 atom stereocenters. The van der Waals surface area contributed by atoms with Crippen LogP contribution >= 0.6 is 0 Å². The molecular weight excluding hydrogens is 221 g/mol. The zero-order valence-corrected chi connectivity index (χ0v) is 10.3. The zero-order chi connectivity index (χ0) is 12.3. The number of benzene rings is 1. The van der Waals surface area contributed by atoms with Crippen LogP contribution in [0.15, 0.2) is 12.1 Å². The van der Waals surface area contributed by atoms with Crippen LogP contribution < -0.4 is 14.8 Å². The number of nitrogens with one attached hydrogen (secondary N) is 1. The fraction of sp³-hybridized carbons (Fsp3) is 0.538. The van der Waals surface area contributed by atoms with E-state index in [1.54, 1.807) is 20.3 Å². The Balaban J connectivity index is 2.45. The van der Waals surface area contributed by atoms with Gasteiger partial charge in [0.2, 0.25) is 0 Å². The predicted molar refractivity (Wildman–Crippen MR) is 64.3 cm³/mol. The molecule has 4 heteroatoms. The molecule has 1 aromatic rings. The highest BCUT2D eigenvalue weighted by Gasteiger charge is 2.23. The van der Waals surface area contributed by atoms with Gasteiger partial charge in [-0.15, -0.1) is 0 Å². The fourth-order valence-electron chi connectivity index (χ4n) is 2.34. The lowest BCUT2D eigenvalue weighted by Gasteiger charge is -2.18. The summed E-state index contributed by atoms with van der Waals surface area (Å²) in [6, 6.07) is 3.80. The van der Waals surface area contributed by atoms with E-state index >= 15 is 0 Å². The molecule has 2 rings (SSSR count). The van der Waals surface area contributed by atoms with Crippen molar-refractivity contribution < 1.29 is 13.9 Å². The largest absolute Gasteiger partial charge is 0.493 e. The van der Waals surface area contributed by atoms with Gasteiger partial charge in [0.25, 0.3) is 0 Å². The lowest BCUT2D eigenvalue weighted by Crippen LogP contribution is -2.14. The highest BCUT2D eigenvalue weighted by Crippen LogP contribution is 2.39. The molecule has 1 N–H and O–H groups in total. The summed E-state index contributed by atoms with van der Waals surface area (Å²) < 4.78 is 23.5. The van der Waals surface area contributed by atoms with E-state index in [0.29, 0.717) is 17.1 Å². The van der Waals surface area contributed by atoms with Gasteiger partial charge in [0.15, 0.2) is 11.5 Å². The average molecular weight is 239 g/mol. The van der Waals surface area contributed by atoms with Crippen LogP contribution in [0.25, 0.3) is 0 Å². The van der Waals surface area contributed by atoms with Crippen molar-refractivity contribution in [3.05, 3.63) is 23.3 Å². The van der Waals surface area contributed by atoms with Gasteiger partial charge in [0.1, 0.15) is 6.67 Å². The van der Waals surface area contributed by atoms with E-state index in [-0.39, 0.29) is 6.04 Å². The van der Waals surface area contributed by atoms with Gasteiger partial charge < -0.3 is 14.8 Å². The Morgan fingerprint density at radius 1 is 1.35 bits per heavy atom. The minimum atomic E-state index is -0.486. The second kappa shape index (κ2) is 5.36. The SMILES string of the molecule is COc1cc(CF)cc(C2CCCN2)c1OC. The normalized spacial score (nSPS) is 19.4. The van der Waals surface area contributed by atoms with Crippen LogP contribution in [0.1, 0.15) is 30.0 Å². The van der Waals surface area contributed by atoms with Gasteiger partial charge in [0, 0.05) is 11.6 Å². The molecule has 0 saturated carbocycles. The number of alkyl halides is 1. The van der Waals surface area contributed by atoms with Crippen molar-refractivity contribution in [3.63, 3.8) is 0 Å². The van der Waals surface area contributed by atoms with Crippen LogP contribution in [0.2, 0.25) is 0 Å². The van der Waals surface area contributed by atoms with Gasteiger partial charge in [-0.3, -0.25) is 0 Å². The Hall–Kier alpha value is -1.29. The van der Waals surface area contributed by atoms with Crippen molar-refractivity contribution in [2.75, 3.05) is 20.8 Å². The summed E-state index contributed by atoms with van der Waals surface area (Å²) in [6.45, 7) is 0.510. The Labute approximate surface area is 101 Å². The summed E-state index contributed by atoms with van der Waals surface area (Å²) >= 11 is 0. The quantitative estimate of drug-likeness (QED) is 0.876. The Morgan fingerprint density at radius 3 is 2.71 bits per heavy atom. The maximum atomic E-state index is 12.8. The first-order valence-electron chi connectivity index (χ1n) is 5.84. The van der Waals surface area contributed by atoms with Crippen LogP contribution in [-0.4, -0.2) is 20.8 Å². The molecule has 0 spiro atoms. The second-order valence-electron chi connectivity index (χ2n) is 4.20. The van der Waals surface area contributed by atoms with E-state index in [0.717, 1.165) is 24.9 Å². The molecule has 0 bridgehead atoms. The number of rotatable bonds is 4. The molecular formula is C13H18FNO2. The van der Waals surface area contributed by atoms with Gasteiger partial charge >= 0.3 is 0 Å². The number of methoxy groups -OCH3 is 2. The highest BCUT2D eigenvalue weighted by atomic mass is 19.1. The van der Waals surface area contributed by atoms with E-state index < -0.39 is 6.67 Å². The second-order valence-corrected chi connectivity index (χ2v) is 4.20. The summed E-state index contributed by atoms with van der Waals surface area (Å²) in [5.41, 5.74) is 1.63. The first-order chi connectivity index (χ1) is 8.30. The maximum Gasteiger partial charge on any atom is 0.165 e. The highest BCUT2D eigenvalue weighted by molar-refractivity contribution is 5.51. The van der Waals surface area contributed by atoms with Crippen molar-refractivity contribution in [1.82, 2.24) is 5.32 Å². The number of ether oxygens (including phenoxy) is 2. The Bertz CT molecular complexity index is 389. The lowest BCUT2D eigenvalue weighted by molar-refractivity contribution is 0.346. The third kappa shape index (κ3) is 2.36. The van der Waals surface area contributed by atoms with E-state index in [9.17, 15) is 4.39 Å². The molecule has 0 radical (unpaired) electrons. The molecule has 1 unspecified atom stereocenters. The van der Waals surface area contributed by atoms with Crippen molar-refractivity contribution in [2.45, 2.75) is 25.6 Å². The number of halogens is 1. The molecule has 1 saturated heterocycles. The van der Waals surface area contributed by atoms with Crippen LogP contribution in [0.4, 0.5) is 4.39 Å². The van der Waals surface area contributed by atoms with Crippen LogP contribution in [0, 0.1) is 0 Å². The van der Waals surface area contributed by atoms with E-state index in [4.69, 9.17) is 9.47 Å². The zero-order valence-electron chi connectivity index (χ0n) is 10.3. The van der Waals surface area contributed by atoms with Crippen molar-refractivity contribution >= 4 is 0 Å². The number of hydrogen-bond donors (Lipinski definition) is 1. The van der Waals surface area contributed by atoms with Crippen LogP contribution in [-0.2, 0) is 6.67 Å². The average Bonchev–Trinajstić information content (AvgIpc) is 2.90. The third-order valence-electron chi connectivity index (χ3n) is 3.16. The van der Waals surface area contributed by atoms with Crippen LogP contribution in [0.5, 0.6) is 11.5 Å². The molecule has 3 nitrogen and oxygen atoms in total. The van der Waals surface area contributed by atoms with Gasteiger partial charge in [-0.25, -0.2) is 4.39 Å². The number of hydrogen-bond acceptors (Lipinski definition) is 3. The van der Waals surface area contributed by atoms with E-state index in [1.807, 2.05) is 6.07 Å². The molecule has 0 aliphatic carbocycles. The smallest absolute Gasteiger partial charge is 0.165 e. The summed E-state index contributed by atoms with van der Waals surface area (Å²) in [7, 11) is 3.19. The van der Waals surface area contributed by atoms with Gasteiger partial charge in [-0.2, -0.15) is 0 Å². The van der Waals surface area contributed by atoms with Crippen LogP contribution in [0.3, 0.4) is 0 Å². The van der Waals surface area contributed by atoms with Crippen molar-refractivity contribution in [2.24, 2.45) is 0 Å². The third-order valence-corrected chi connectivity index (χ3v) is 3.16. The van der Waals surface area contributed by atoms with Crippen molar-refractivity contribution in [3.8, 4) is 11.5 Å². The van der Waals surface area contributed by atoms with Gasteiger partial charge in [-0.1, -0.05) is 0 Å². The molecule has 0 amide bonds. The van der Waals surface area contributed by atoms with Crippen molar-refractivity contribution in [1.29, 1.82) is 0 Å². The maximum absolute atomic E-state index is 12.8. The molecule has 17 heavy (non-hydrogen) atoms. The monoisotopic (exact) mass is 239 g/mol. The summed E-state index contributed by atoms with van der Waals surface area (Å²) in [5, 5.41) is 3.39. The molecule has 1 aliphatic rings. The lowest BCUT2D eigenvalue weighted by atomic mass is 10.0. The molecule has 1 aromatic carbocycles. The van der Waals surface area contributed by atoms with Gasteiger partial charge in [0.05, 0.1) is 14.2 Å². The topological polar surface area (TPSA) is 30.5 Å². The summed E-state index contributed by atoms with van der Waals surface area (Å²) in [4.78, 5) is 0. The van der Waals surface area contributed by atoms with E-state index in [1.165, 1.54) is 0 Å². The Kier molecular flexibility index (Phi) is 3.84. The molecule has 94 valence electrons. The molecule has 1 fully saturated rings. The van der Waals surface area contributed by atoms with Gasteiger partial charge in [-0.05, 0) is 37.1 Å². The standard InChI is InChI=1S/C13H18FNO2/c1-16-12-7-9(8-14)6-10(13(12)17-2)11-4-3-5-15-11/h6-7,11,15H,3-5,8H2,1-2H3. The first kappa shape index (κ1) is 12.2. The molecule has 1 heterocycles. The molecule has 1 aliphatic heterocycles. The Morgan fingerprint density at radius 2 is 2.18 bits per heavy atom. The molecule has 0 aromatic heterocycles. The predicted octanol–water partition coefficient (Wildman–Crippen LogP) is 2.60. The minimum Gasteiger partial charge on any atom is -0.493 e. The summed E-state index contributed by atoms with van der Waals surface area (Å²) in [6.07, 6.45) is 2.19. The van der Waals surface area contributed by atoms with E-state index in [2.05, 4.69) is 5.32 Å². The summed E-state index contributed by atoms with van der Waals surface area (Å²) in [5.74, 6) is 1.32. The fourth-order valence-corrected chi connectivity index (χ4v) is 2.34. The first-order valence-corrected chi connectivity index (χ1v) is 5.84.